The molecule has 0 bridgehead atoms. The lowest BCUT2D eigenvalue weighted by molar-refractivity contribution is 0.669. The van der Waals surface area contributed by atoms with Crippen molar-refractivity contribution in [1.29, 1.82) is 0 Å². The Morgan fingerprint density at radius 3 is 2.44 bits per heavy atom. The third-order valence-electron chi connectivity index (χ3n) is 2.88. The van der Waals surface area contributed by atoms with Gasteiger partial charge in [0.15, 0.2) is 5.11 Å². The first kappa shape index (κ1) is 15.0. The van der Waals surface area contributed by atoms with Crippen LogP contribution in [-0.4, -0.2) is 18.2 Å². The zero-order chi connectivity index (χ0) is 13.2. The largest absolute Gasteiger partial charge is 0.363 e. The summed E-state index contributed by atoms with van der Waals surface area (Å²) in [6.07, 6.45) is 5.03. The smallest absolute Gasteiger partial charge is 0.173 e. The molecule has 2 nitrogen and oxygen atoms in total. The molecule has 0 spiro atoms. The molecule has 0 amide bonds. The maximum atomic E-state index is 5.45. The van der Waals surface area contributed by atoms with Crippen molar-refractivity contribution in [3.63, 3.8) is 0 Å². The van der Waals surface area contributed by atoms with Crippen LogP contribution in [0.15, 0.2) is 30.3 Å². The second-order valence-electron chi connectivity index (χ2n) is 4.38. The molecule has 0 heterocycles. The van der Waals surface area contributed by atoms with Crippen molar-refractivity contribution in [2.24, 2.45) is 0 Å². The van der Waals surface area contributed by atoms with E-state index in [0.29, 0.717) is 0 Å². The van der Waals surface area contributed by atoms with E-state index in [-0.39, 0.29) is 0 Å². The van der Waals surface area contributed by atoms with Crippen LogP contribution in [0.25, 0.3) is 0 Å². The Morgan fingerprint density at radius 1 is 1.11 bits per heavy atom. The second-order valence-corrected chi connectivity index (χ2v) is 4.77. The lowest BCUT2D eigenvalue weighted by Crippen LogP contribution is -2.40. The minimum Gasteiger partial charge on any atom is -0.363 e. The van der Waals surface area contributed by atoms with Gasteiger partial charge in [0.2, 0.25) is 0 Å². The van der Waals surface area contributed by atoms with E-state index in [4.69, 9.17) is 12.2 Å². The van der Waals surface area contributed by atoms with E-state index >= 15 is 0 Å². The van der Waals surface area contributed by atoms with E-state index in [9.17, 15) is 0 Å². The van der Waals surface area contributed by atoms with Crippen LogP contribution in [0.2, 0.25) is 0 Å². The molecule has 0 fully saturated rings. The molecule has 1 aromatic rings. The summed E-state index contributed by atoms with van der Waals surface area (Å²) < 4.78 is 0. The van der Waals surface area contributed by atoms with Crippen molar-refractivity contribution in [1.82, 2.24) is 5.32 Å². The molecule has 0 saturated carbocycles. The topological polar surface area (TPSA) is 15.3 Å². The molecular formula is C15H24N2S. The molecular weight excluding hydrogens is 240 g/mol. The molecule has 0 atom stereocenters. The number of unbranched alkanes of at least 4 members (excludes halogenated alkanes) is 3. The standard InChI is InChI=1S/C15H24N2S/c1-3-5-6-10-13-17(15(18)16-4-2)14-11-8-7-9-12-14/h7-9,11-12H,3-6,10,13H2,1-2H3,(H,16,18). The number of nitrogens with zero attached hydrogens (tertiary/aromatic N) is 1. The number of hydrogen-bond donors (Lipinski definition) is 1. The Hall–Kier alpha value is -1.09. The predicted molar refractivity (Wildman–Crippen MR) is 84.2 cm³/mol. The van der Waals surface area contributed by atoms with Crippen LogP contribution in [0.1, 0.15) is 39.5 Å². The quantitative estimate of drug-likeness (QED) is 0.592. The Labute approximate surface area is 116 Å². The number of benzene rings is 1. The minimum atomic E-state index is 0.834. The molecule has 0 aliphatic carbocycles. The molecule has 18 heavy (non-hydrogen) atoms. The van der Waals surface area contributed by atoms with E-state index in [1.807, 2.05) is 6.07 Å². The van der Waals surface area contributed by atoms with Gasteiger partial charge in [0.05, 0.1) is 0 Å². The molecule has 100 valence electrons. The first-order valence-corrected chi connectivity index (χ1v) is 7.30. The van der Waals surface area contributed by atoms with Gasteiger partial charge in [-0.15, -0.1) is 0 Å². The van der Waals surface area contributed by atoms with Crippen LogP contribution in [0.5, 0.6) is 0 Å². The monoisotopic (exact) mass is 264 g/mol. The number of rotatable bonds is 7. The lowest BCUT2D eigenvalue weighted by atomic mass is 10.2. The van der Waals surface area contributed by atoms with Crippen LogP contribution >= 0.6 is 12.2 Å². The maximum Gasteiger partial charge on any atom is 0.173 e. The Kier molecular flexibility index (Phi) is 7.42. The predicted octanol–water partition coefficient (Wildman–Crippen LogP) is 3.97. The van der Waals surface area contributed by atoms with E-state index in [2.05, 4.69) is 48.3 Å². The van der Waals surface area contributed by atoms with E-state index in [0.717, 1.165) is 18.2 Å². The lowest BCUT2D eigenvalue weighted by Gasteiger charge is -2.25. The molecule has 1 aromatic carbocycles. The summed E-state index contributed by atoms with van der Waals surface area (Å²) in [6.45, 7) is 6.18. The fourth-order valence-electron chi connectivity index (χ4n) is 1.90. The van der Waals surface area contributed by atoms with Crippen LogP contribution in [0.3, 0.4) is 0 Å². The fourth-order valence-corrected chi connectivity index (χ4v) is 2.24. The summed E-state index contributed by atoms with van der Waals surface area (Å²) in [6, 6.07) is 10.4. The molecule has 3 heteroatoms. The average molecular weight is 264 g/mol. The zero-order valence-electron chi connectivity index (χ0n) is 11.5. The number of anilines is 1. The van der Waals surface area contributed by atoms with Gasteiger partial charge in [-0.2, -0.15) is 0 Å². The van der Waals surface area contributed by atoms with Gasteiger partial charge in [0, 0.05) is 18.8 Å². The molecule has 1 rings (SSSR count). The average Bonchev–Trinajstić information content (AvgIpc) is 2.40. The summed E-state index contributed by atoms with van der Waals surface area (Å²) in [5, 5.41) is 4.08. The van der Waals surface area contributed by atoms with Crippen LogP contribution < -0.4 is 10.2 Å². The van der Waals surface area contributed by atoms with Gasteiger partial charge in [-0.1, -0.05) is 44.4 Å². The molecule has 0 saturated heterocycles. The molecule has 0 radical (unpaired) electrons. The Bertz CT molecular complexity index is 338. The number of hydrogen-bond acceptors (Lipinski definition) is 1. The molecule has 0 unspecified atom stereocenters. The highest BCUT2D eigenvalue weighted by atomic mass is 32.1. The molecule has 1 N–H and O–H groups in total. The van der Waals surface area contributed by atoms with Gasteiger partial charge in [-0.05, 0) is 37.7 Å². The summed E-state index contributed by atoms with van der Waals surface area (Å²) in [4.78, 5) is 2.20. The van der Waals surface area contributed by atoms with Crippen molar-refractivity contribution in [3.05, 3.63) is 30.3 Å². The van der Waals surface area contributed by atoms with Crippen LogP contribution in [0, 0.1) is 0 Å². The van der Waals surface area contributed by atoms with Crippen molar-refractivity contribution < 1.29 is 0 Å². The minimum absolute atomic E-state index is 0.834. The van der Waals surface area contributed by atoms with Crippen molar-refractivity contribution in [3.8, 4) is 0 Å². The first-order chi connectivity index (χ1) is 8.79. The fraction of sp³-hybridized carbons (Fsp3) is 0.533. The third kappa shape index (κ3) is 5.05. The summed E-state index contributed by atoms with van der Waals surface area (Å²) in [5.74, 6) is 0. The van der Waals surface area contributed by atoms with Crippen molar-refractivity contribution in [2.75, 3.05) is 18.0 Å². The number of nitrogens with one attached hydrogen (secondary N) is 1. The number of thiocarbonyl (C=S) groups is 1. The Morgan fingerprint density at radius 2 is 1.83 bits per heavy atom. The zero-order valence-corrected chi connectivity index (χ0v) is 12.3. The van der Waals surface area contributed by atoms with Gasteiger partial charge < -0.3 is 10.2 Å². The molecule has 0 aliphatic rings. The van der Waals surface area contributed by atoms with E-state index in [1.165, 1.54) is 31.4 Å². The van der Waals surface area contributed by atoms with E-state index < -0.39 is 0 Å². The maximum absolute atomic E-state index is 5.45. The van der Waals surface area contributed by atoms with Crippen LogP contribution in [-0.2, 0) is 0 Å². The van der Waals surface area contributed by atoms with Gasteiger partial charge in [0.1, 0.15) is 0 Å². The first-order valence-electron chi connectivity index (χ1n) is 6.90. The van der Waals surface area contributed by atoms with Crippen molar-refractivity contribution in [2.45, 2.75) is 39.5 Å². The highest BCUT2D eigenvalue weighted by molar-refractivity contribution is 7.80. The van der Waals surface area contributed by atoms with Crippen molar-refractivity contribution >= 4 is 23.0 Å². The van der Waals surface area contributed by atoms with Crippen LogP contribution in [0.4, 0.5) is 5.69 Å². The second kappa shape index (κ2) is 8.92. The number of para-hydroxylation sites is 1. The van der Waals surface area contributed by atoms with Gasteiger partial charge >= 0.3 is 0 Å². The third-order valence-corrected chi connectivity index (χ3v) is 3.24. The highest BCUT2D eigenvalue weighted by Gasteiger charge is 2.10. The SMILES string of the molecule is CCCCCCN(C(=S)NCC)c1ccccc1. The summed E-state index contributed by atoms with van der Waals surface area (Å²) >= 11 is 5.45. The summed E-state index contributed by atoms with van der Waals surface area (Å²) in [5.41, 5.74) is 1.18. The van der Waals surface area contributed by atoms with Gasteiger partial charge in [-0.3, -0.25) is 0 Å². The molecule has 0 aliphatic heterocycles. The normalized spacial score (nSPS) is 10.1. The summed E-state index contributed by atoms with van der Waals surface area (Å²) in [7, 11) is 0. The van der Waals surface area contributed by atoms with Gasteiger partial charge in [-0.25, -0.2) is 0 Å². The molecule has 0 aromatic heterocycles. The van der Waals surface area contributed by atoms with E-state index in [1.54, 1.807) is 0 Å². The van der Waals surface area contributed by atoms with Gasteiger partial charge in [0.25, 0.3) is 0 Å². The Balaban J connectivity index is 2.61. The highest BCUT2D eigenvalue weighted by Crippen LogP contribution is 2.15.